The van der Waals surface area contributed by atoms with Crippen LogP contribution in [0.15, 0.2) is 41.0 Å². The Morgan fingerprint density at radius 1 is 1.41 bits per heavy atom. The molecule has 2 rings (SSSR count). The van der Waals surface area contributed by atoms with E-state index in [9.17, 15) is 10.1 Å². The van der Waals surface area contributed by atoms with Gasteiger partial charge in [-0.25, -0.2) is 0 Å². The minimum absolute atomic E-state index is 0.120. The number of rotatable bonds is 4. The molecule has 0 spiro atoms. The maximum absolute atomic E-state index is 10.8. The summed E-state index contributed by atoms with van der Waals surface area (Å²) in [7, 11) is 0. The summed E-state index contributed by atoms with van der Waals surface area (Å²) in [5, 5.41) is 13.8. The normalized spacial score (nSPS) is 10.2. The van der Waals surface area contributed by atoms with Crippen LogP contribution in [0.1, 0.15) is 11.3 Å². The van der Waals surface area contributed by atoms with Gasteiger partial charge in [0.15, 0.2) is 0 Å². The summed E-state index contributed by atoms with van der Waals surface area (Å²) in [5.74, 6) is 0.785. The molecule has 0 unspecified atom stereocenters. The maximum Gasteiger partial charge on any atom is 0.274 e. The third kappa shape index (κ3) is 2.63. The summed E-state index contributed by atoms with van der Waals surface area (Å²) in [6.07, 6.45) is 1.59. The molecule has 0 saturated carbocycles. The molecule has 1 aromatic carbocycles. The molecule has 0 bridgehead atoms. The highest BCUT2D eigenvalue weighted by molar-refractivity contribution is 5.54. The third-order valence-corrected chi connectivity index (χ3v) is 2.45. The predicted molar refractivity (Wildman–Crippen MR) is 63.9 cm³/mol. The van der Waals surface area contributed by atoms with Crippen molar-refractivity contribution < 1.29 is 9.34 Å². The zero-order valence-electron chi connectivity index (χ0n) is 9.34. The van der Waals surface area contributed by atoms with Crippen LogP contribution >= 0.6 is 0 Å². The lowest BCUT2D eigenvalue weighted by atomic mass is 10.2. The second kappa shape index (κ2) is 4.69. The van der Waals surface area contributed by atoms with E-state index < -0.39 is 0 Å². The number of nitro groups is 1. The Kier molecular flexibility index (Phi) is 3.09. The van der Waals surface area contributed by atoms with Crippen molar-refractivity contribution in [1.29, 1.82) is 0 Å². The fourth-order valence-electron chi connectivity index (χ4n) is 1.52. The van der Waals surface area contributed by atoms with Gasteiger partial charge < -0.3 is 9.73 Å². The number of nitrogens with zero attached hydrogens (tertiary/aromatic N) is 1. The molecular formula is C12H12N2O3. The molecule has 1 N–H and O–H groups in total. The average molecular weight is 232 g/mol. The Hall–Kier alpha value is -2.30. The predicted octanol–water partition coefficient (Wildman–Crippen LogP) is 3.11. The van der Waals surface area contributed by atoms with Gasteiger partial charge in [-0.1, -0.05) is 6.07 Å². The Morgan fingerprint density at radius 3 is 2.88 bits per heavy atom. The van der Waals surface area contributed by atoms with Crippen LogP contribution in [0.3, 0.4) is 0 Å². The fourth-order valence-corrected chi connectivity index (χ4v) is 1.52. The first-order valence-corrected chi connectivity index (χ1v) is 5.18. The topological polar surface area (TPSA) is 68.3 Å². The molecule has 17 heavy (non-hydrogen) atoms. The second-order valence-electron chi connectivity index (χ2n) is 3.69. The van der Waals surface area contributed by atoms with Gasteiger partial charge in [0.1, 0.15) is 5.76 Å². The van der Waals surface area contributed by atoms with Crippen LogP contribution < -0.4 is 5.32 Å². The summed E-state index contributed by atoms with van der Waals surface area (Å²) < 4.78 is 5.16. The summed E-state index contributed by atoms with van der Waals surface area (Å²) >= 11 is 0. The van der Waals surface area contributed by atoms with Gasteiger partial charge in [0.05, 0.1) is 17.7 Å². The molecular weight excluding hydrogens is 220 g/mol. The Balaban J connectivity index is 2.11. The van der Waals surface area contributed by atoms with Crippen molar-refractivity contribution in [2.75, 3.05) is 5.32 Å². The monoisotopic (exact) mass is 232 g/mol. The molecule has 2 aromatic rings. The number of nitrogens with one attached hydrogen (secondary N) is 1. The second-order valence-corrected chi connectivity index (χ2v) is 3.69. The quantitative estimate of drug-likeness (QED) is 0.649. The van der Waals surface area contributed by atoms with Crippen molar-refractivity contribution >= 4 is 11.4 Å². The van der Waals surface area contributed by atoms with E-state index >= 15 is 0 Å². The van der Waals surface area contributed by atoms with Crippen LogP contribution in [0.2, 0.25) is 0 Å². The highest BCUT2D eigenvalue weighted by atomic mass is 16.6. The largest absolute Gasteiger partial charge is 0.467 e. The maximum atomic E-state index is 10.8. The van der Waals surface area contributed by atoms with Crippen molar-refractivity contribution in [1.82, 2.24) is 0 Å². The van der Waals surface area contributed by atoms with Crippen molar-refractivity contribution in [3.63, 3.8) is 0 Å². The van der Waals surface area contributed by atoms with Gasteiger partial charge in [-0.2, -0.15) is 0 Å². The number of benzene rings is 1. The number of furan rings is 1. The first kappa shape index (κ1) is 11.2. The number of aryl methyl sites for hydroxylation is 1. The highest BCUT2D eigenvalue weighted by Crippen LogP contribution is 2.22. The molecule has 0 amide bonds. The van der Waals surface area contributed by atoms with E-state index in [4.69, 9.17) is 4.42 Å². The molecule has 1 heterocycles. The Morgan fingerprint density at radius 2 is 2.24 bits per heavy atom. The number of hydrogen-bond acceptors (Lipinski definition) is 4. The van der Waals surface area contributed by atoms with Crippen molar-refractivity contribution in [3.8, 4) is 0 Å². The summed E-state index contributed by atoms with van der Waals surface area (Å²) in [5.41, 5.74) is 1.48. The SMILES string of the molecule is Cc1ccc(NCc2ccco2)cc1[N+](=O)[O-]. The van der Waals surface area contributed by atoms with E-state index in [0.717, 1.165) is 5.76 Å². The van der Waals surface area contributed by atoms with Crippen LogP contribution in [0.5, 0.6) is 0 Å². The van der Waals surface area contributed by atoms with Crippen LogP contribution in [-0.2, 0) is 6.54 Å². The van der Waals surface area contributed by atoms with E-state index in [0.29, 0.717) is 17.8 Å². The van der Waals surface area contributed by atoms with E-state index in [2.05, 4.69) is 5.32 Å². The van der Waals surface area contributed by atoms with Gasteiger partial charge in [0, 0.05) is 17.3 Å². The van der Waals surface area contributed by atoms with Crippen LogP contribution in [0.25, 0.3) is 0 Å². The molecule has 0 fully saturated rings. The minimum Gasteiger partial charge on any atom is -0.467 e. The van der Waals surface area contributed by atoms with Gasteiger partial charge in [-0.15, -0.1) is 0 Å². The first-order valence-electron chi connectivity index (χ1n) is 5.18. The van der Waals surface area contributed by atoms with E-state index in [1.165, 1.54) is 6.07 Å². The third-order valence-electron chi connectivity index (χ3n) is 2.45. The number of hydrogen-bond donors (Lipinski definition) is 1. The molecule has 0 radical (unpaired) electrons. The van der Waals surface area contributed by atoms with Gasteiger partial charge >= 0.3 is 0 Å². The van der Waals surface area contributed by atoms with Gasteiger partial charge in [-0.05, 0) is 25.1 Å². The van der Waals surface area contributed by atoms with Gasteiger partial charge in [0.25, 0.3) is 5.69 Å². The van der Waals surface area contributed by atoms with E-state index in [1.54, 1.807) is 25.3 Å². The van der Waals surface area contributed by atoms with Gasteiger partial charge in [-0.3, -0.25) is 10.1 Å². The number of nitro benzene ring substituents is 1. The molecule has 0 saturated heterocycles. The lowest BCUT2D eigenvalue weighted by Gasteiger charge is -2.05. The fraction of sp³-hybridized carbons (Fsp3) is 0.167. The molecule has 5 heteroatoms. The Bertz CT molecular complexity index is 521. The molecule has 1 aromatic heterocycles. The average Bonchev–Trinajstić information content (AvgIpc) is 2.80. The van der Waals surface area contributed by atoms with Crippen molar-refractivity contribution in [3.05, 3.63) is 58.0 Å². The van der Waals surface area contributed by atoms with Gasteiger partial charge in [0.2, 0.25) is 0 Å². The van der Waals surface area contributed by atoms with Crippen LogP contribution in [0.4, 0.5) is 11.4 Å². The molecule has 88 valence electrons. The van der Waals surface area contributed by atoms with E-state index in [1.807, 2.05) is 12.1 Å². The van der Waals surface area contributed by atoms with Crippen molar-refractivity contribution in [2.45, 2.75) is 13.5 Å². The van der Waals surface area contributed by atoms with Crippen LogP contribution in [0, 0.1) is 17.0 Å². The lowest BCUT2D eigenvalue weighted by molar-refractivity contribution is -0.385. The standard InChI is InChI=1S/C12H12N2O3/c1-9-4-5-10(7-12(9)14(15)16)13-8-11-3-2-6-17-11/h2-7,13H,8H2,1H3. The molecule has 0 aliphatic carbocycles. The summed E-state index contributed by atoms with van der Waals surface area (Å²) in [6, 6.07) is 8.70. The molecule has 5 nitrogen and oxygen atoms in total. The summed E-state index contributed by atoms with van der Waals surface area (Å²) in [6.45, 7) is 2.22. The van der Waals surface area contributed by atoms with E-state index in [-0.39, 0.29) is 10.6 Å². The zero-order chi connectivity index (χ0) is 12.3. The molecule has 0 atom stereocenters. The Labute approximate surface area is 98.2 Å². The van der Waals surface area contributed by atoms with Crippen LogP contribution in [-0.4, -0.2) is 4.92 Å². The summed E-state index contributed by atoms with van der Waals surface area (Å²) in [4.78, 5) is 10.4. The molecule has 0 aliphatic rings. The van der Waals surface area contributed by atoms with Crippen molar-refractivity contribution in [2.24, 2.45) is 0 Å². The highest BCUT2D eigenvalue weighted by Gasteiger charge is 2.10. The smallest absolute Gasteiger partial charge is 0.274 e. The zero-order valence-corrected chi connectivity index (χ0v) is 9.34. The number of anilines is 1. The minimum atomic E-state index is -0.382. The first-order chi connectivity index (χ1) is 8.16. The molecule has 0 aliphatic heterocycles. The lowest BCUT2D eigenvalue weighted by Crippen LogP contribution is -1.99.